The molecule has 1 aliphatic rings. The van der Waals surface area contributed by atoms with Crippen LogP contribution in [0.5, 0.6) is 0 Å². The van der Waals surface area contributed by atoms with Gasteiger partial charge in [-0.15, -0.1) is 11.3 Å². The van der Waals surface area contributed by atoms with E-state index in [9.17, 15) is 0 Å². The van der Waals surface area contributed by atoms with Gasteiger partial charge in [0.15, 0.2) is 0 Å². The summed E-state index contributed by atoms with van der Waals surface area (Å²) in [7, 11) is 0. The van der Waals surface area contributed by atoms with Gasteiger partial charge >= 0.3 is 0 Å². The number of hydrogen-bond donors (Lipinski definition) is 0. The average molecular weight is 685 g/mol. The molecule has 0 saturated heterocycles. The Kier molecular flexibility index (Phi) is 7.06. The van der Waals surface area contributed by atoms with Crippen LogP contribution < -0.4 is 9.80 Å². The van der Waals surface area contributed by atoms with Crippen LogP contribution in [0.15, 0.2) is 182 Å². The van der Waals surface area contributed by atoms with E-state index < -0.39 is 0 Å². The van der Waals surface area contributed by atoms with E-state index in [1.54, 1.807) is 0 Å². The van der Waals surface area contributed by atoms with E-state index in [4.69, 9.17) is 0 Å². The molecule has 0 amide bonds. The predicted molar refractivity (Wildman–Crippen MR) is 224 cm³/mol. The Hall–Kier alpha value is -6.16. The summed E-state index contributed by atoms with van der Waals surface area (Å²) in [5.74, 6) is 0. The molecule has 1 heterocycles. The molecule has 1 aromatic heterocycles. The Labute approximate surface area is 308 Å². The number of anilines is 6. The number of thiophene rings is 1. The molecule has 0 unspecified atom stereocenters. The maximum atomic E-state index is 2.47. The van der Waals surface area contributed by atoms with E-state index in [0.29, 0.717) is 0 Å². The molecule has 0 fully saturated rings. The summed E-state index contributed by atoms with van der Waals surface area (Å²) in [6.07, 6.45) is 0. The van der Waals surface area contributed by atoms with Gasteiger partial charge in [0.2, 0.25) is 0 Å². The first-order valence-electron chi connectivity index (χ1n) is 17.9. The average Bonchev–Trinajstić information content (AvgIpc) is 3.66. The van der Waals surface area contributed by atoms with E-state index in [1.165, 1.54) is 58.9 Å². The minimum absolute atomic E-state index is 0.181. The number of nitrogens with zero attached hydrogens (tertiary/aromatic N) is 2. The Balaban J connectivity index is 1.13. The fourth-order valence-corrected chi connectivity index (χ4v) is 9.48. The summed E-state index contributed by atoms with van der Waals surface area (Å²) in [5.41, 5.74) is 12.2. The minimum atomic E-state index is -0.181. The number of rotatable bonds is 6. The predicted octanol–water partition coefficient (Wildman–Crippen LogP) is 14.5. The van der Waals surface area contributed by atoms with Gasteiger partial charge in [-0.25, -0.2) is 0 Å². The molecule has 8 aromatic carbocycles. The van der Waals surface area contributed by atoms with Gasteiger partial charge in [-0.1, -0.05) is 111 Å². The van der Waals surface area contributed by atoms with E-state index in [-0.39, 0.29) is 5.41 Å². The molecule has 0 atom stereocenters. The highest BCUT2D eigenvalue weighted by Crippen LogP contribution is 2.55. The second-order valence-corrected chi connectivity index (χ2v) is 15.3. The first kappa shape index (κ1) is 30.6. The van der Waals surface area contributed by atoms with Crippen LogP contribution >= 0.6 is 11.3 Å². The van der Waals surface area contributed by atoms with Crippen LogP contribution in [0.2, 0.25) is 0 Å². The van der Waals surface area contributed by atoms with Gasteiger partial charge in [0.25, 0.3) is 0 Å². The number of benzene rings is 8. The van der Waals surface area contributed by atoms with Gasteiger partial charge in [-0.05, 0) is 118 Å². The maximum Gasteiger partial charge on any atom is 0.0508 e. The molecule has 1 aliphatic carbocycles. The van der Waals surface area contributed by atoms with E-state index in [1.807, 2.05) is 11.3 Å². The molecule has 9 aromatic rings. The van der Waals surface area contributed by atoms with Crippen molar-refractivity contribution in [2.75, 3.05) is 9.80 Å². The van der Waals surface area contributed by atoms with Crippen LogP contribution in [0.25, 0.3) is 42.1 Å². The van der Waals surface area contributed by atoms with Crippen LogP contribution in [-0.2, 0) is 5.41 Å². The first-order chi connectivity index (χ1) is 25.5. The molecule has 0 aliphatic heterocycles. The largest absolute Gasteiger partial charge is 0.310 e. The Bertz CT molecular complexity index is 2730. The quantitative estimate of drug-likeness (QED) is 0.172. The lowest BCUT2D eigenvalue weighted by Gasteiger charge is -2.32. The molecule has 0 bridgehead atoms. The third-order valence-electron chi connectivity index (χ3n) is 10.8. The van der Waals surface area contributed by atoms with Crippen LogP contribution in [0, 0.1) is 0 Å². The second-order valence-electron chi connectivity index (χ2n) is 14.2. The molecule has 248 valence electrons. The molecule has 3 heteroatoms. The second kappa shape index (κ2) is 12.0. The summed E-state index contributed by atoms with van der Waals surface area (Å²) in [6.45, 7) is 4.78. The highest BCUT2D eigenvalue weighted by atomic mass is 32.1. The molecule has 10 rings (SSSR count). The molecule has 52 heavy (non-hydrogen) atoms. The van der Waals surface area contributed by atoms with Crippen LogP contribution in [-0.4, -0.2) is 0 Å². The highest BCUT2D eigenvalue weighted by molar-refractivity contribution is 7.25. The molecule has 0 radical (unpaired) electrons. The number of fused-ring (bicyclic) bond motifs is 7. The molecule has 0 N–H and O–H groups in total. The third kappa shape index (κ3) is 4.85. The zero-order valence-electron chi connectivity index (χ0n) is 29.1. The first-order valence-corrected chi connectivity index (χ1v) is 18.8. The van der Waals surface area contributed by atoms with Crippen molar-refractivity contribution in [3.05, 3.63) is 193 Å². The Morgan fingerprint density at radius 3 is 1.65 bits per heavy atom. The molecule has 2 nitrogen and oxygen atoms in total. The third-order valence-corrected chi connectivity index (χ3v) is 11.9. The lowest BCUT2D eigenvalue weighted by molar-refractivity contribution is 0.661. The number of para-hydroxylation sites is 3. The standard InChI is InChI=1S/C49H36N2S/c1-49(2)44-30-34-16-13-12-15-33(34)29-42(44)41-23-14-24-45(48(41)49)51(37-21-10-5-11-22-37)39-25-27-40-43-31-38(26-28-46(43)52-47(40)32-39)50(35-17-6-3-7-18-35)36-19-8-4-9-20-36/h3-32H,1-2H3. The normalized spacial score (nSPS) is 13.0. The zero-order valence-corrected chi connectivity index (χ0v) is 29.9. The van der Waals surface area contributed by atoms with Gasteiger partial charge in [-0.3, -0.25) is 0 Å². The lowest BCUT2D eigenvalue weighted by atomic mass is 9.80. The smallest absolute Gasteiger partial charge is 0.0508 e. The highest BCUT2D eigenvalue weighted by Gasteiger charge is 2.39. The summed E-state index contributed by atoms with van der Waals surface area (Å²) in [5, 5.41) is 5.12. The van der Waals surface area contributed by atoms with Crippen molar-refractivity contribution in [2.24, 2.45) is 0 Å². The van der Waals surface area contributed by atoms with E-state index in [2.05, 4.69) is 206 Å². The van der Waals surface area contributed by atoms with Gasteiger partial charge in [0.1, 0.15) is 0 Å². The molecule has 0 saturated carbocycles. The van der Waals surface area contributed by atoms with Crippen molar-refractivity contribution in [2.45, 2.75) is 19.3 Å². The molecular formula is C49H36N2S. The van der Waals surface area contributed by atoms with Crippen LogP contribution in [0.4, 0.5) is 34.1 Å². The maximum absolute atomic E-state index is 2.47. The van der Waals surface area contributed by atoms with Gasteiger partial charge in [0, 0.05) is 54.0 Å². The van der Waals surface area contributed by atoms with Gasteiger partial charge < -0.3 is 9.80 Å². The van der Waals surface area contributed by atoms with Crippen molar-refractivity contribution < 1.29 is 0 Å². The van der Waals surface area contributed by atoms with Crippen molar-refractivity contribution in [3.63, 3.8) is 0 Å². The topological polar surface area (TPSA) is 6.48 Å². The number of hydrogen-bond acceptors (Lipinski definition) is 3. The zero-order chi connectivity index (χ0) is 34.8. The fourth-order valence-electron chi connectivity index (χ4n) is 8.36. The summed E-state index contributed by atoms with van der Waals surface area (Å²) >= 11 is 1.87. The monoisotopic (exact) mass is 684 g/mol. The van der Waals surface area contributed by atoms with Gasteiger partial charge in [0.05, 0.1) is 5.69 Å². The van der Waals surface area contributed by atoms with E-state index >= 15 is 0 Å². The van der Waals surface area contributed by atoms with Crippen molar-refractivity contribution in [1.82, 2.24) is 0 Å². The fraction of sp³-hybridized carbons (Fsp3) is 0.0612. The van der Waals surface area contributed by atoms with Crippen LogP contribution in [0.1, 0.15) is 25.0 Å². The van der Waals surface area contributed by atoms with Crippen molar-refractivity contribution >= 4 is 76.4 Å². The summed E-state index contributed by atoms with van der Waals surface area (Å²) in [4.78, 5) is 4.81. The molecular weight excluding hydrogens is 649 g/mol. The SMILES string of the molecule is CC1(C)c2cc3ccccc3cc2-c2cccc(N(c3ccccc3)c3ccc4c(c3)sc3ccc(N(c5ccccc5)c5ccccc5)cc34)c21. The van der Waals surface area contributed by atoms with Crippen LogP contribution in [0.3, 0.4) is 0 Å². The van der Waals surface area contributed by atoms with E-state index in [0.717, 1.165) is 28.4 Å². The lowest BCUT2D eigenvalue weighted by Crippen LogP contribution is -2.20. The van der Waals surface area contributed by atoms with Crippen molar-refractivity contribution in [1.29, 1.82) is 0 Å². The summed E-state index contributed by atoms with van der Waals surface area (Å²) in [6, 6.07) is 66.4. The van der Waals surface area contributed by atoms with Crippen molar-refractivity contribution in [3.8, 4) is 11.1 Å². The Morgan fingerprint density at radius 1 is 0.404 bits per heavy atom. The molecule has 0 spiro atoms. The Morgan fingerprint density at radius 2 is 0.981 bits per heavy atom. The summed E-state index contributed by atoms with van der Waals surface area (Å²) < 4.78 is 2.56. The minimum Gasteiger partial charge on any atom is -0.310 e. The van der Waals surface area contributed by atoms with Gasteiger partial charge in [-0.2, -0.15) is 0 Å².